The van der Waals surface area contributed by atoms with E-state index < -0.39 is 19.8 Å². The number of amides is 3. The number of aryl methyl sites for hydroxylation is 1. The fourth-order valence-electron chi connectivity index (χ4n) is 10.6. The Hall–Kier alpha value is -5.07. The van der Waals surface area contributed by atoms with Crippen LogP contribution in [0.2, 0.25) is 18.6 Å². The topological polar surface area (TPSA) is 99.6 Å². The smallest absolute Gasteiger partial charge is 0.264 e. The first-order valence-corrected chi connectivity index (χ1v) is 24.7. The number of ether oxygens (including phenoxy) is 2. The van der Waals surface area contributed by atoms with Gasteiger partial charge < -0.3 is 24.4 Å². The molecule has 60 heavy (non-hydrogen) atoms. The van der Waals surface area contributed by atoms with Gasteiger partial charge in [-0.3, -0.25) is 19.3 Å². The van der Waals surface area contributed by atoms with E-state index in [4.69, 9.17) is 9.47 Å². The molecular weight excluding hydrogens is 835 g/mol. The molecule has 5 aromatic carbocycles. The number of fused-ring (bicyclic) bond motifs is 4. The summed E-state index contributed by atoms with van der Waals surface area (Å²) in [5, 5.41) is 11.7. The van der Waals surface area contributed by atoms with Gasteiger partial charge in [0.2, 0.25) is 11.8 Å². The summed E-state index contributed by atoms with van der Waals surface area (Å²) in [4.78, 5) is 48.8. The minimum absolute atomic E-state index is 0.0608. The van der Waals surface area contributed by atoms with Crippen molar-refractivity contribution in [2.75, 3.05) is 23.5 Å². The Morgan fingerprint density at radius 3 is 2.30 bits per heavy atom. The highest BCUT2D eigenvalue weighted by Gasteiger charge is 2.66. The SMILES string of the molecule is COc1ccc([Si](C)(C)[C@@H]2[C@@H](CC(=O)N3Cc4ccccc4C[C@H]3CO)O[C@]3(C(=O)N(Cc4ccc(N5C(=O)CCc6ccccc65)cc4)c4ccc(Br)cc43)[C@H]2C)cc1. The molecule has 4 heterocycles. The molecule has 5 atom stereocenters. The van der Waals surface area contributed by atoms with Crippen molar-refractivity contribution in [1.29, 1.82) is 0 Å². The van der Waals surface area contributed by atoms with Gasteiger partial charge in [0.25, 0.3) is 5.91 Å². The predicted molar refractivity (Wildman–Crippen MR) is 239 cm³/mol. The van der Waals surface area contributed by atoms with Crippen LogP contribution in [0.25, 0.3) is 0 Å². The molecule has 1 saturated heterocycles. The van der Waals surface area contributed by atoms with E-state index in [2.05, 4.69) is 66.3 Å². The summed E-state index contributed by atoms with van der Waals surface area (Å²) in [5.74, 6) is 0.295. The third-order valence-electron chi connectivity index (χ3n) is 13.7. The zero-order valence-electron chi connectivity index (χ0n) is 34.4. The van der Waals surface area contributed by atoms with Gasteiger partial charge in [-0.1, -0.05) is 108 Å². The fourth-order valence-corrected chi connectivity index (χ4v) is 15.0. The number of anilines is 3. The maximum Gasteiger partial charge on any atom is 0.264 e. The molecule has 9 nitrogen and oxygen atoms in total. The standard InChI is InChI=1S/C49H50BrN3O6Si/c1-31-47(60(3,4)40-21-19-39(58-2)20-22-40)44(27-46(56)51-29-35-11-6-5-10-34(35)25-38(51)30-54)59-49(31)41-26-36(50)16-23-43(41)52(48(49)57)28-32-13-17-37(18-14-32)53-42-12-8-7-9-33(42)15-24-45(53)55/h5-14,16-23,26,31,38,44,47,54H,15,24-25,27-30H2,1-4H3/t31-,38-,44+,47-,49+/m0/s1. The van der Waals surface area contributed by atoms with E-state index in [-0.39, 0.29) is 48.3 Å². The summed E-state index contributed by atoms with van der Waals surface area (Å²) in [6.07, 6.45) is 1.26. The van der Waals surface area contributed by atoms with Gasteiger partial charge in [0.15, 0.2) is 5.60 Å². The molecule has 0 aliphatic carbocycles. The average Bonchev–Trinajstić information content (AvgIpc) is 3.68. The molecule has 0 saturated carbocycles. The molecule has 11 heteroatoms. The van der Waals surface area contributed by atoms with Crippen LogP contribution in [0.15, 0.2) is 120 Å². The molecule has 4 aliphatic rings. The van der Waals surface area contributed by atoms with Crippen molar-refractivity contribution in [3.63, 3.8) is 0 Å². The summed E-state index contributed by atoms with van der Waals surface area (Å²) < 4.78 is 13.7. The lowest BCUT2D eigenvalue weighted by Crippen LogP contribution is -2.52. The highest BCUT2D eigenvalue weighted by atomic mass is 79.9. The Kier molecular flexibility index (Phi) is 10.6. The van der Waals surface area contributed by atoms with Crippen LogP contribution in [0.5, 0.6) is 5.75 Å². The molecule has 9 rings (SSSR count). The molecule has 0 unspecified atom stereocenters. The van der Waals surface area contributed by atoms with Gasteiger partial charge in [0.1, 0.15) is 5.75 Å². The first kappa shape index (κ1) is 40.3. The predicted octanol–water partition coefficient (Wildman–Crippen LogP) is 8.17. The number of rotatable bonds is 9. The average molecular weight is 885 g/mol. The van der Waals surface area contributed by atoms with Crippen molar-refractivity contribution < 1.29 is 29.0 Å². The number of nitrogens with zero attached hydrogens (tertiary/aromatic N) is 3. The van der Waals surface area contributed by atoms with Crippen molar-refractivity contribution in [3.05, 3.63) is 148 Å². The molecule has 5 aromatic rings. The van der Waals surface area contributed by atoms with E-state index in [1.165, 1.54) is 5.19 Å². The number of para-hydroxylation sites is 1. The van der Waals surface area contributed by atoms with Crippen molar-refractivity contribution in [3.8, 4) is 5.75 Å². The monoisotopic (exact) mass is 883 g/mol. The second kappa shape index (κ2) is 15.8. The zero-order valence-corrected chi connectivity index (χ0v) is 37.0. The number of hydrogen-bond donors (Lipinski definition) is 1. The number of aliphatic hydroxyl groups excluding tert-OH is 1. The van der Waals surface area contributed by atoms with Gasteiger partial charge in [0, 0.05) is 34.6 Å². The number of benzene rings is 5. The highest BCUT2D eigenvalue weighted by molar-refractivity contribution is 9.10. The molecule has 0 aromatic heterocycles. The van der Waals surface area contributed by atoms with Gasteiger partial charge in [-0.25, -0.2) is 0 Å². The second-order valence-electron chi connectivity index (χ2n) is 17.3. The number of methoxy groups -OCH3 is 1. The molecule has 308 valence electrons. The second-order valence-corrected chi connectivity index (χ2v) is 22.9. The molecule has 0 bridgehead atoms. The number of carbonyl (C=O) groups is 3. The lowest BCUT2D eigenvalue weighted by Gasteiger charge is -2.39. The molecule has 3 amide bonds. The van der Waals surface area contributed by atoms with Gasteiger partial charge in [-0.05, 0) is 89.2 Å². The minimum atomic E-state index is -2.53. The van der Waals surface area contributed by atoms with Crippen LogP contribution in [0.3, 0.4) is 0 Å². The fraction of sp³-hybridized carbons (Fsp3) is 0.327. The third-order valence-corrected chi connectivity index (χ3v) is 18.5. The summed E-state index contributed by atoms with van der Waals surface area (Å²) >= 11 is 3.72. The Balaban J connectivity index is 1.07. The highest BCUT2D eigenvalue weighted by Crippen LogP contribution is 2.60. The van der Waals surface area contributed by atoms with Crippen LogP contribution >= 0.6 is 15.9 Å². The maximum atomic E-state index is 15.5. The van der Waals surface area contributed by atoms with E-state index in [1.54, 1.807) is 12.0 Å². The molecule has 4 aliphatic heterocycles. The normalized spacial score (nSPS) is 23.5. The van der Waals surface area contributed by atoms with E-state index >= 15 is 4.79 Å². The van der Waals surface area contributed by atoms with Crippen LogP contribution in [0, 0.1) is 5.92 Å². The quantitative estimate of drug-likeness (QED) is 0.150. The van der Waals surface area contributed by atoms with Crippen molar-refractivity contribution in [1.82, 2.24) is 4.90 Å². The third kappa shape index (κ3) is 6.70. The van der Waals surface area contributed by atoms with Crippen molar-refractivity contribution in [2.24, 2.45) is 5.92 Å². The molecular formula is C49H50BrN3O6Si. The van der Waals surface area contributed by atoms with Crippen LogP contribution < -0.4 is 19.7 Å². The van der Waals surface area contributed by atoms with Crippen LogP contribution in [0.4, 0.5) is 17.1 Å². The Morgan fingerprint density at radius 1 is 0.883 bits per heavy atom. The molecule has 1 fully saturated rings. The Labute approximate surface area is 361 Å². The molecule has 1 N–H and O–H groups in total. The summed E-state index contributed by atoms with van der Waals surface area (Å²) in [5.41, 5.74) is 6.08. The Morgan fingerprint density at radius 2 is 1.58 bits per heavy atom. The van der Waals surface area contributed by atoms with Crippen molar-refractivity contribution >= 4 is 64.0 Å². The van der Waals surface area contributed by atoms with E-state index in [0.717, 1.165) is 61.5 Å². The maximum absolute atomic E-state index is 15.5. The van der Waals surface area contributed by atoms with Gasteiger partial charge in [-0.2, -0.15) is 0 Å². The van der Waals surface area contributed by atoms with E-state index in [9.17, 15) is 14.7 Å². The Bertz CT molecular complexity index is 2480. The number of halogens is 1. The van der Waals surface area contributed by atoms with Crippen LogP contribution in [-0.2, 0) is 50.7 Å². The van der Waals surface area contributed by atoms with Gasteiger partial charge in [-0.15, -0.1) is 0 Å². The van der Waals surface area contributed by atoms with Crippen molar-refractivity contribution in [2.45, 2.75) is 82.1 Å². The number of hydrogen-bond acceptors (Lipinski definition) is 6. The van der Waals surface area contributed by atoms with E-state index in [1.807, 2.05) is 94.7 Å². The van der Waals surface area contributed by atoms with Crippen LogP contribution in [0.1, 0.15) is 47.6 Å². The first-order chi connectivity index (χ1) is 28.9. The van der Waals surface area contributed by atoms with Crippen LogP contribution in [-0.4, -0.2) is 61.7 Å². The molecule has 0 radical (unpaired) electrons. The van der Waals surface area contributed by atoms with Gasteiger partial charge in [0.05, 0.1) is 58.3 Å². The molecule has 1 spiro atoms. The number of carbonyl (C=O) groups excluding carboxylic acids is 3. The minimum Gasteiger partial charge on any atom is -0.497 e. The largest absolute Gasteiger partial charge is 0.497 e. The lowest BCUT2D eigenvalue weighted by molar-refractivity contribution is -0.151. The summed E-state index contributed by atoms with van der Waals surface area (Å²) in [6.45, 7) is 7.34. The lowest BCUT2D eigenvalue weighted by atomic mass is 9.82. The zero-order chi connectivity index (χ0) is 41.9. The summed E-state index contributed by atoms with van der Waals surface area (Å²) in [7, 11) is -0.873. The number of aliphatic hydroxyl groups is 1. The van der Waals surface area contributed by atoms with Gasteiger partial charge >= 0.3 is 0 Å². The first-order valence-electron chi connectivity index (χ1n) is 20.9. The summed E-state index contributed by atoms with van der Waals surface area (Å²) in [6, 6.07) is 37.9. The van der Waals surface area contributed by atoms with E-state index in [0.29, 0.717) is 25.9 Å².